The first kappa shape index (κ1) is 15.9. The molecule has 0 heterocycles. The predicted molar refractivity (Wildman–Crippen MR) is 70.9 cm³/mol. The Hall–Kier alpha value is -0.120. The molecule has 0 spiro atoms. The lowest BCUT2D eigenvalue weighted by molar-refractivity contribution is -0.000745. The van der Waals surface area contributed by atoms with E-state index >= 15 is 0 Å². The van der Waals surface area contributed by atoms with Crippen molar-refractivity contribution < 1.29 is 4.74 Å². The second-order valence-corrected chi connectivity index (χ2v) is 5.66. The van der Waals surface area contributed by atoms with Gasteiger partial charge in [-0.15, -0.1) is 0 Å². The van der Waals surface area contributed by atoms with E-state index in [1.54, 1.807) is 0 Å². The van der Waals surface area contributed by atoms with Crippen molar-refractivity contribution in [1.82, 2.24) is 10.6 Å². The topological polar surface area (TPSA) is 33.3 Å². The van der Waals surface area contributed by atoms with Crippen LogP contribution in [0.4, 0.5) is 0 Å². The van der Waals surface area contributed by atoms with E-state index in [0.29, 0.717) is 0 Å². The van der Waals surface area contributed by atoms with Gasteiger partial charge in [0.25, 0.3) is 0 Å². The van der Waals surface area contributed by atoms with Crippen LogP contribution in [0.3, 0.4) is 0 Å². The van der Waals surface area contributed by atoms with Crippen molar-refractivity contribution in [3.63, 3.8) is 0 Å². The van der Waals surface area contributed by atoms with Crippen LogP contribution in [-0.4, -0.2) is 38.4 Å². The molecule has 0 aromatic rings. The average Bonchev–Trinajstić information content (AvgIpc) is 2.13. The minimum atomic E-state index is -0.0134. The Labute approximate surface area is 101 Å². The molecule has 3 heteroatoms. The van der Waals surface area contributed by atoms with Crippen molar-refractivity contribution in [2.45, 2.75) is 46.6 Å². The summed E-state index contributed by atoms with van der Waals surface area (Å²) in [5, 5.41) is 6.81. The number of ether oxygens (including phenoxy) is 1. The van der Waals surface area contributed by atoms with Crippen LogP contribution in [-0.2, 0) is 4.74 Å². The molecule has 0 bridgehead atoms. The Kier molecular flexibility index (Phi) is 8.90. The lowest BCUT2D eigenvalue weighted by atomic mass is 10.2. The number of rotatable bonds is 9. The van der Waals surface area contributed by atoms with E-state index in [2.05, 4.69) is 45.3 Å². The maximum Gasteiger partial charge on any atom is 0.0599 e. The van der Waals surface area contributed by atoms with Gasteiger partial charge in [-0.25, -0.2) is 0 Å². The Bertz CT molecular complexity index is 153. The molecule has 2 N–H and O–H groups in total. The fraction of sp³-hybridized carbons (Fsp3) is 1.00. The van der Waals surface area contributed by atoms with Gasteiger partial charge in [0.15, 0.2) is 0 Å². The summed E-state index contributed by atoms with van der Waals surface area (Å²) in [5.74, 6) is 0.744. The second kappa shape index (κ2) is 8.97. The molecular weight excluding hydrogens is 200 g/mol. The van der Waals surface area contributed by atoms with Crippen LogP contribution in [0.25, 0.3) is 0 Å². The van der Waals surface area contributed by atoms with Gasteiger partial charge in [-0.3, -0.25) is 0 Å². The van der Waals surface area contributed by atoms with Gasteiger partial charge in [0.2, 0.25) is 0 Å². The molecule has 0 rings (SSSR count). The third kappa shape index (κ3) is 13.9. The van der Waals surface area contributed by atoms with Crippen molar-refractivity contribution in [1.29, 1.82) is 0 Å². The van der Waals surface area contributed by atoms with Crippen molar-refractivity contribution in [2.24, 2.45) is 5.92 Å². The highest BCUT2D eigenvalue weighted by Crippen LogP contribution is 2.04. The highest BCUT2D eigenvalue weighted by atomic mass is 16.5. The van der Waals surface area contributed by atoms with Gasteiger partial charge in [-0.2, -0.15) is 0 Å². The van der Waals surface area contributed by atoms with Crippen molar-refractivity contribution in [2.75, 3.05) is 32.8 Å². The predicted octanol–water partition coefficient (Wildman–Crippen LogP) is 2.03. The molecule has 0 aliphatic rings. The number of hydrogen-bond donors (Lipinski definition) is 2. The minimum Gasteiger partial charge on any atom is -0.375 e. The van der Waals surface area contributed by atoms with E-state index in [0.717, 1.165) is 38.7 Å². The second-order valence-electron chi connectivity index (χ2n) is 5.66. The largest absolute Gasteiger partial charge is 0.375 e. The molecule has 0 aliphatic heterocycles. The van der Waals surface area contributed by atoms with Crippen LogP contribution in [0.1, 0.15) is 41.0 Å². The van der Waals surface area contributed by atoms with E-state index in [4.69, 9.17) is 4.74 Å². The fourth-order valence-electron chi connectivity index (χ4n) is 1.28. The van der Waals surface area contributed by atoms with Crippen LogP contribution < -0.4 is 10.6 Å². The molecule has 0 saturated heterocycles. The van der Waals surface area contributed by atoms with Crippen molar-refractivity contribution in [3.8, 4) is 0 Å². The average molecular weight is 230 g/mol. The fourth-order valence-corrected chi connectivity index (χ4v) is 1.28. The Morgan fingerprint density at radius 1 is 1.00 bits per heavy atom. The number of nitrogens with one attached hydrogen (secondary N) is 2. The molecule has 0 unspecified atom stereocenters. The van der Waals surface area contributed by atoms with Gasteiger partial charge in [-0.1, -0.05) is 13.8 Å². The Morgan fingerprint density at radius 2 is 1.62 bits per heavy atom. The van der Waals surface area contributed by atoms with Gasteiger partial charge in [0.05, 0.1) is 12.2 Å². The van der Waals surface area contributed by atoms with Crippen LogP contribution in [0.2, 0.25) is 0 Å². The summed E-state index contributed by atoms with van der Waals surface area (Å²) in [7, 11) is 0. The van der Waals surface area contributed by atoms with E-state index in [9.17, 15) is 0 Å². The molecular formula is C13H30N2O. The Balaban J connectivity index is 3.05. The summed E-state index contributed by atoms with van der Waals surface area (Å²) in [6.45, 7) is 15.8. The van der Waals surface area contributed by atoms with Gasteiger partial charge >= 0.3 is 0 Å². The number of hydrogen-bond acceptors (Lipinski definition) is 3. The zero-order chi connectivity index (χ0) is 12.4. The molecule has 0 amide bonds. The van der Waals surface area contributed by atoms with E-state index in [1.807, 2.05) is 0 Å². The Morgan fingerprint density at radius 3 is 2.19 bits per heavy atom. The molecule has 0 aromatic carbocycles. The molecule has 0 fully saturated rings. The summed E-state index contributed by atoms with van der Waals surface area (Å²) in [5.41, 5.74) is -0.0134. The van der Waals surface area contributed by atoms with Crippen molar-refractivity contribution in [3.05, 3.63) is 0 Å². The molecule has 98 valence electrons. The summed E-state index contributed by atoms with van der Waals surface area (Å²) in [6, 6.07) is 0. The molecule has 16 heavy (non-hydrogen) atoms. The van der Waals surface area contributed by atoms with E-state index in [1.165, 1.54) is 6.42 Å². The first-order valence-corrected chi connectivity index (χ1v) is 6.47. The van der Waals surface area contributed by atoms with Crippen molar-refractivity contribution >= 4 is 0 Å². The van der Waals surface area contributed by atoms with Gasteiger partial charge in [0, 0.05) is 6.54 Å². The van der Waals surface area contributed by atoms with Crippen LogP contribution in [0, 0.1) is 5.92 Å². The first-order valence-electron chi connectivity index (χ1n) is 6.47. The standard InChI is InChI=1S/C13H30N2O/c1-12(2)11-15-8-6-7-14-9-10-16-13(3,4)5/h12,14-15H,6-11H2,1-5H3. The SMILES string of the molecule is CC(C)CNCCCNCCOC(C)(C)C. The lowest BCUT2D eigenvalue weighted by Gasteiger charge is -2.19. The molecule has 0 aromatic heterocycles. The maximum atomic E-state index is 5.61. The van der Waals surface area contributed by atoms with Crippen LogP contribution in [0.15, 0.2) is 0 Å². The molecule has 0 saturated carbocycles. The minimum absolute atomic E-state index is 0.0134. The highest BCUT2D eigenvalue weighted by Gasteiger charge is 2.08. The third-order valence-corrected chi connectivity index (χ3v) is 2.07. The third-order valence-electron chi connectivity index (χ3n) is 2.07. The normalized spacial score (nSPS) is 12.4. The van der Waals surface area contributed by atoms with Crippen LogP contribution >= 0.6 is 0 Å². The molecule has 3 nitrogen and oxygen atoms in total. The van der Waals surface area contributed by atoms with Gasteiger partial charge in [0.1, 0.15) is 0 Å². The summed E-state index contributed by atoms with van der Waals surface area (Å²) >= 11 is 0. The summed E-state index contributed by atoms with van der Waals surface area (Å²) in [6.07, 6.45) is 1.18. The monoisotopic (exact) mass is 230 g/mol. The van der Waals surface area contributed by atoms with Crippen LogP contribution in [0.5, 0.6) is 0 Å². The van der Waals surface area contributed by atoms with Gasteiger partial charge < -0.3 is 15.4 Å². The summed E-state index contributed by atoms with van der Waals surface area (Å²) in [4.78, 5) is 0. The molecule has 0 radical (unpaired) electrons. The summed E-state index contributed by atoms with van der Waals surface area (Å²) < 4.78 is 5.61. The smallest absolute Gasteiger partial charge is 0.0599 e. The molecule has 0 aliphatic carbocycles. The molecule has 0 atom stereocenters. The zero-order valence-corrected chi connectivity index (χ0v) is 11.7. The lowest BCUT2D eigenvalue weighted by Crippen LogP contribution is -2.29. The van der Waals surface area contributed by atoms with Gasteiger partial charge in [-0.05, 0) is 52.7 Å². The van der Waals surface area contributed by atoms with E-state index in [-0.39, 0.29) is 5.60 Å². The highest BCUT2D eigenvalue weighted by molar-refractivity contribution is 4.59. The van der Waals surface area contributed by atoms with E-state index < -0.39 is 0 Å². The maximum absolute atomic E-state index is 5.61. The quantitative estimate of drug-likeness (QED) is 0.595. The zero-order valence-electron chi connectivity index (χ0n) is 11.7. The first-order chi connectivity index (χ1) is 7.42.